The van der Waals surface area contributed by atoms with Crippen LogP contribution in [0.3, 0.4) is 0 Å². The zero-order valence-electron chi connectivity index (χ0n) is 39.3. The van der Waals surface area contributed by atoms with Gasteiger partial charge in [0.05, 0.1) is 33.5 Å². The lowest BCUT2D eigenvalue weighted by Crippen LogP contribution is -2.02. The molecule has 0 radical (unpaired) electrons. The highest BCUT2D eigenvalue weighted by atomic mass is 15.0. The number of aryl methyl sites for hydroxylation is 6. The van der Waals surface area contributed by atoms with E-state index in [2.05, 4.69) is 239 Å². The number of nitrogens with zero attached hydrogens (tertiary/aromatic N) is 4. The van der Waals surface area contributed by atoms with E-state index in [1.807, 2.05) is 6.07 Å². The molecule has 0 N–H and O–H groups in total. The number of rotatable bonds is 7. The van der Waals surface area contributed by atoms with Gasteiger partial charge in [0.2, 0.25) is 0 Å². The monoisotopic (exact) mass is 874 g/mol. The molecule has 0 bridgehead atoms. The van der Waals surface area contributed by atoms with E-state index in [9.17, 15) is 0 Å². The standard InChI is InChI=1S/C64H50N4/c1-39-29-41(3)62(42(4)30-39)47-25-27-60-54(35-47)52-21-13-15-23-58(52)67(60)50-33-49(57-38-56(45-17-9-7-10-18-45)65-64(66-57)46-19-11-8-12-20-46)34-51(37-50)68-59-24-16-14-22-53(59)55-36-48(26-28-61(55)68)63-43(5)31-40(2)32-44(63)6/h7-38H,1-6H3. The molecule has 68 heavy (non-hydrogen) atoms. The second kappa shape index (κ2) is 16.2. The third kappa shape index (κ3) is 6.91. The van der Waals surface area contributed by atoms with E-state index < -0.39 is 0 Å². The molecule has 0 fully saturated rings. The normalized spacial score (nSPS) is 11.7. The molecule has 4 heteroatoms. The van der Waals surface area contributed by atoms with Crippen molar-refractivity contribution in [2.45, 2.75) is 41.5 Å². The SMILES string of the molecule is Cc1cc(C)c(-c2ccc3c(c2)c2ccccc2n3-c2cc(-c3cc(-c4ccccc4)nc(-c4ccccc4)n3)cc(-n3c4ccccc4c4cc(-c5c(C)cc(C)cc5C)ccc43)c2)c(C)c1. The van der Waals surface area contributed by atoms with E-state index >= 15 is 0 Å². The second-order valence-corrected chi connectivity index (χ2v) is 18.6. The summed E-state index contributed by atoms with van der Waals surface area (Å²) in [4.78, 5) is 10.6. The van der Waals surface area contributed by atoms with E-state index in [1.54, 1.807) is 0 Å². The summed E-state index contributed by atoms with van der Waals surface area (Å²) >= 11 is 0. The Morgan fingerprint density at radius 2 is 0.691 bits per heavy atom. The van der Waals surface area contributed by atoms with Gasteiger partial charge in [0.25, 0.3) is 0 Å². The fraction of sp³-hybridized carbons (Fsp3) is 0.0938. The Hall–Kier alpha value is -8.34. The number of aromatic nitrogens is 4. The topological polar surface area (TPSA) is 35.6 Å². The van der Waals surface area contributed by atoms with Crippen LogP contribution in [-0.4, -0.2) is 19.1 Å². The molecule has 326 valence electrons. The van der Waals surface area contributed by atoms with Gasteiger partial charge < -0.3 is 9.13 Å². The fourth-order valence-electron chi connectivity index (χ4n) is 11.2. The zero-order chi connectivity index (χ0) is 46.2. The predicted octanol–water partition coefficient (Wildman–Crippen LogP) is 16.9. The molecule has 3 aromatic heterocycles. The predicted molar refractivity (Wildman–Crippen MR) is 286 cm³/mol. The summed E-state index contributed by atoms with van der Waals surface area (Å²) in [5.74, 6) is 0.686. The quantitative estimate of drug-likeness (QED) is 0.160. The van der Waals surface area contributed by atoms with Crippen LogP contribution < -0.4 is 0 Å². The van der Waals surface area contributed by atoms with E-state index in [0.29, 0.717) is 5.82 Å². The van der Waals surface area contributed by atoms with Crippen LogP contribution in [0, 0.1) is 41.5 Å². The molecule has 12 rings (SSSR count). The van der Waals surface area contributed by atoms with Gasteiger partial charge in [-0.1, -0.05) is 145 Å². The van der Waals surface area contributed by atoms with Crippen LogP contribution in [0.1, 0.15) is 33.4 Å². The van der Waals surface area contributed by atoms with Gasteiger partial charge in [-0.3, -0.25) is 0 Å². The van der Waals surface area contributed by atoms with E-state index in [4.69, 9.17) is 9.97 Å². The van der Waals surface area contributed by atoms with Crippen molar-refractivity contribution >= 4 is 43.6 Å². The van der Waals surface area contributed by atoms with Crippen molar-refractivity contribution in [1.82, 2.24) is 19.1 Å². The molecule has 0 atom stereocenters. The molecule has 4 nitrogen and oxygen atoms in total. The van der Waals surface area contributed by atoms with Gasteiger partial charge in [-0.25, -0.2) is 9.97 Å². The lowest BCUT2D eigenvalue weighted by Gasteiger charge is -2.17. The molecule has 0 unspecified atom stereocenters. The van der Waals surface area contributed by atoms with Crippen LogP contribution in [-0.2, 0) is 0 Å². The molecule has 3 heterocycles. The first-order valence-corrected chi connectivity index (χ1v) is 23.6. The molecule has 12 aromatic rings. The van der Waals surface area contributed by atoms with Gasteiger partial charge in [0.15, 0.2) is 5.82 Å². The highest BCUT2D eigenvalue weighted by molar-refractivity contribution is 6.12. The molecule has 0 saturated heterocycles. The van der Waals surface area contributed by atoms with Gasteiger partial charge in [0, 0.05) is 49.6 Å². The molecular weight excluding hydrogens is 825 g/mol. The molecule has 9 aromatic carbocycles. The summed E-state index contributed by atoms with van der Waals surface area (Å²) in [6, 6.07) is 70.8. The van der Waals surface area contributed by atoms with Crippen molar-refractivity contribution < 1.29 is 0 Å². The maximum atomic E-state index is 5.40. The van der Waals surface area contributed by atoms with Crippen molar-refractivity contribution in [3.63, 3.8) is 0 Å². The van der Waals surface area contributed by atoms with Crippen LogP contribution in [0.25, 0.3) is 111 Å². The highest BCUT2D eigenvalue weighted by Gasteiger charge is 2.21. The summed E-state index contributed by atoms with van der Waals surface area (Å²) in [5.41, 5.74) is 24.2. The number of fused-ring (bicyclic) bond motifs is 6. The van der Waals surface area contributed by atoms with Gasteiger partial charge in [-0.2, -0.15) is 0 Å². The second-order valence-electron chi connectivity index (χ2n) is 18.6. The van der Waals surface area contributed by atoms with Gasteiger partial charge >= 0.3 is 0 Å². The summed E-state index contributed by atoms with van der Waals surface area (Å²) in [5, 5.41) is 4.86. The number of hydrogen-bond acceptors (Lipinski definition) is 2. The molecule has 0 amide bonds. The Morgan fingerprint density at radius 1 is 0.294 bits per heavy atom. The Labute approximate surface area is 397 Å². The van der Waals surface area contributed by atoms with Crippen molar-refractivity contribution in [2.75, 3.05) is 0 Å². The Morgan fingerprint density at radius 3 is 1.16 bits per heavy atom. The van der Waals surface area contributed by atoms with Crippen molar-refractivity contribution in [3.05, 3.63) is 228 Å². The van der Waals surface area contributed by atoms with Gasteiger partial charge in [-0.15, -0.1) is 0 Å². The van der Waals surface area contributed by atoms with E-state index in [1.165, 1.54) is 77.2 Å². The Bertz CT molecular complexity index is 3670. The first-order valence-electron chi connectivity index (χ1n) is 23.6. The van der Waals surface area contributed by atoms with Crippen molar-refractivity contribution in [3.8, 4) is 67.5 Å². The number of hydrogen-bond donors (Lipinski definition) is 0. The molecular formula is C64H50N4. The first kappa shape index (κ1) is 41.1. The first-order chi connectivity index (χ1) is 33.2. The molecule has 0 spiro atoms. The van der Waals surface area contributed by atoms with Crippen LogP contribution in [0.5, 0.6) is 0 Å². The van der Waals surface area contributed by atoms with Crippen LogP contribution in [0.4, 0.5) is 0 Å². The molecule has 0 aliphatic rings. The highest BCUT2D eigenvalue weighted by Crippen LogP contribution is 2.42. The smallest absolute Gasteiger partial charge is 0.160 e. The van der Waals surface area contributed by atoms with E-state index in [0.717, 1.165) is 61.5 Å². The van der Waals surface area contributed by atoms with Crippen LogP contribution in [0.15, 0.2) is 194 Å². The summed E-state index contributed by atoms with van der Waals surface area (Å²) < 4.78 is 4.89. The summed E-state index contributed by atoms with van der Waals surface area (Å²) in [6.45, 7) is 13.3. The summed E-state index contributed by atoms with van der Waals surface area (Å²) in [6.07, 6.45) is 0. The minimum Gasteiger partial charge on any atom is -0.309 e. The minimum absolute atomic E-state index is 0.686. The molecule has 0 saturated carbocycles. The van der Waals surface area contributed by atoms with Crippen molar-refractivity contribution in [1.29, 1.82) is 0 Å². The fourth-order valence-corrected chi connectivity index (χ4v) is 11.2. The third-order valence-electron chi connectivity index (χ3n) is 13.8. The van der Waals surface area contributed by atoms with Crippen LogP contribution in [0.2, 0.25) is 0 Å². The Balaban J connectivity index is 1.15. The molecule has 0 aliphatic heterocycles. The van der Waals surface area contributed by atoms with Crippen LogP contribution >= 0.6 is 0 Å². The third-order valence-corrected chi connectivity index (χ3v) is 13.8. The van der Waals surface area contributed by atoms with E-state index in [-0.39, 0.29) is 0 Å². The molecule has 0 aliphatic carbocycles. The maximum absolute atomic E-state index is 5.40. The average molecular weight is 875 g/mol. The lowest BCUT2D eigenvalue weighted by atomic mass is 9.93. The lowest BCUT2D eigenvalue weighted by molar-refractivity contribution is 1.13. The largest absolute Gasteiger partial charge is 0.309 e. The van der Waals surface area contributed by atoms with Crippen molar-refractivity contribution in [2.24, 2.45) is 0 Å². The van der Waals surface area contributed by atoms with Gasteiger partial charge in [0.1, 0.15) is 0 Å². The Kier molecular flexibility index (Phi) is 9.81. The maximum Gasteiger partial charge on any atom is 0.160 e. The average Bonchev–Trinajstić information content (AvgIpc) is 3.86. The number of benzene rings is 9. The number of para-hydroxylation sites is 2. The summed E-state index contributed by atoms with van der Waals surface area (Å²) in [7, 11) is 0. The zero-order valence-corrected chi connectivity index (χ0v) is 39.3. The van der Waals surface area contributed by atoms with Gasteiger partial charge in [-0.05, 0) is 147 Å². The minimum atomic E-state index is 0.686.